The van der Waals surface area contributed by atoms with Crippen LogP contribution in [0.4, 0.5) is 0 Å². The standard InChI is InChI=1S/C8H18O2.3C7H16O3/c1-5-7(2)10-6-8(3)9-4;1-6(8)4-10-5-7(2)9-3;1-6(8)4-10-7(2)5-9-3;1-6(4-8)10-7(2)5-9-3/h7-8H,5-6H2,1-4H3;3*6-8H,4-5H2,1-3H3. The van der Waals surface area contributed by atoms with Crippen LogP contribution in [0.1, 0.15) is 68.7 Å². The number of hydrogen-bond donors (Lipinski definition) is 3. The van der Waals surface area contributed by atoms with Gasteiger partial charge >= 0.3 is 0 Å². The van der Waals surface area contributed by atoms with Gasteiger partial charge in [0, 0.05) is 28.4 Å². The fraction of sp³-hybridized carbons (Fsp3) is 1.00. The van der Waals surface area contributed by atoms with Crippen molar-refractivity contribution in [1.82, 2.24) is 0 Å². The minimum absolute atomic E-state index is 0.0622. The van der Waals surface area contributed by atoms with Crippen LogP contribution in [-0.4, -0.2) is 139 Å². The molecule has 0 radical (unpaired) electrons. The highest BCUT2D eigenvalue weighted by atomic mass is 16.5. The van der Waals surface area contributed by atoms with Gasteiger partial charge in [0.05, 0.1) is 95.1 Å². The Morgan fingerprint density at radius 3 is 1.35 bits per heavy atom. The Morgan fingerprint density at radius 2 is 0.950 bits per heavy atom. The molecule has 0 bridgehead atoms. The second-order valence-corrected chi connectivity index (χ2v) is 9.87. The molecule has 248 valence electrons. The van der Waals surface area contributed by atoms with Gasteiger partial charge in [-0.3, -0.25) is 0 Å². The minimum Gasteiger partial charge on any atom is -0.394 e. The highest BCUT2D eigenvalue weighted by molar-refractivity contribution is 4.52. The first-order valence-electron chi connectivity index (χ1n) is 14.2. The first-order valence-corrected chi connectivity index (χ1v) is 14.2. The van der Waals surface area contributed by atoms with Crippen molar-refractivity contribution in [3.05, 3.63) is 0 Å². The molecule has 0 rings (SSSR count). The fourth-order valence-electron chi connectivity index (χ4n) is 2.26. The second-order valence-electron chi connectivity index (χ2n) is 9.87. The van der Waals surface area contributed by atoms with Gasteiger partial charge in [0.25, 0.3) is 0 Å². The van der Waals surface area contributed by atoms with Gasteiger partial charge in [0.2, 0.25) is 0 Å². The van der Waals surface area contributed by atoms with Gasteiger partial charge in [-0.15, -0.1) is 0 Å². The third-order valence-electron chi connectivity index (χ3n) is 4.85. The molecular formula is C29H66O11. The highest BCUT2D eigenvalue weighted by Gasteiger charge is 2.06. The molecule has 0 aromatic heterocycles. The van der Waals surface area contributed by atoms with E-state index in [0.717, 1.165) is 6.42 Å². The van der Waals surface area contributed by atoms with Gasteiger partial charge < -0.3 is 53.2 Å². The lowest BCUT2D eigenvalue weighted by molar-refractivity contribution is -0.0502. The average Bonchev–Trinajstić information content (AvgIpc) is 2.91. The number of methoxy groups -OCH3 is 4. The van der Waals surface area contributed by atoms with Crippen molar-refractivity contribution in [3.63, 3.8) is 0 Å². The van der Waals surface area contributed by atoms with E-state index in [9.17, 15) is 0 Å². The van der Waals surface area contributed by atoms with Crippen LogP contribution in [0.5, 0.6) is 0 Å². The molecule has 0 saturated carbocycles. The van der Waals surface area contributed by atoms with Gasteiger partial charge in [-0.1, -0.05) is 6.92 Å². The number of rotatable bonds is 20. The number of ether oxygens (including phenoxy) is 8. The van der Waals surface area contributed by atoms with Gasteiger partial charge in [-0.25, -0.2) is 0 Å². The van der Waals surface area contributed by atoms with Crippen molar-refractivity contribution >= 4 is 0 Å². The van der Waals surface area contributed by atoms with E-state index in [1.54, 1.807) is 42.3 Å². The number of aliphatic hydroxyl groups excluding tert-OH is 3. The van der Waals surface area contributed by atoms with E-state index in [2.05, 4.69) is 13.8 Å². The van der Waals surface area contributed by atoms with Gasteiger partial charge in [-0.05, 0) is 61.8 Å². The highest BCUT2D eigenvalue weighted by Crippen LogP contribution is 1.98. The summed E-state index contributed by atoms with van der Waals surface area (Å²) in [6.07, 6.45) is 1.02. The van der Waals surface area contributed by atoms with E-state index in [1.807, 2.05) is 34.6 Å². The molecule has 40 heavy (non-hydrogen) atoms. The molecule has 0 aliphatic carbocycles. The van der Waals surface area contributed by atoms with Crippen LogP contribution in [0.15, 0.2) is 0 Å². The van der Waals surface area contributed by atoms with Gasteiger partial charge in [0.1, 0.15) is 0 Å². The van der Waals surface area contributed by atoms with Crippen LogP contribution < -0.4 is 0 Å². The Labute approximate surface area is 245 Å². The maximum Gasteiger partial charge on any atom is 0.0785 e. The largest absolute Gasteiger partial charge is 0.394 e. The molecular weight excluding hydrogens is 524 g/mol. The molecule has 11 nitrogen and oxygen atoms in total. The summed E-state index contributed by atoms with van der Waals surface area (Å²) in [6.45, 7) is 20.4. The molecule has 0 amide bonds. The van der Waals surface area contributed by atoms with E-state index in [-0.39, 0.29) is 49.3 Å². The lowest BCUT2D eigenvalue weighted by Gasteiger charge is -2.16. The molecule has 0 heterocycles. The third kappa shape index (κ3) is 44.6. The Morgan fingerprint density at radius 1 is 0.500 bits per heavy atom. The molecule has 0 aromatic carbocycles. The fourth-order valence-corrected chi connectivity index (χ4v) is 2.26. The van der Waals surface area contributed by atoms with E-state index >= 15 is 0 Å². The van der Waals surface area contributed by atoms with Crippen LogP contribution in [0.2, 0.25) is 0 Å². The zero-order valence-corrected chi connectivity index (χ0v) is 27.9. The maximum absolute atomic E-state index is 8.80. The van der Waals surface area contributed by atoms with Crippen molar-refractivity contribution in [2.24, 2.45) is 0 Å². The number of hydrogen-bond acceptors (Lipinski definition) is 11. The Kier molecular flexibility index (Phi) is 40.4. The van der Waals surface area contributed by atoms with Crippen molar-refractivity contribution in [3.8, 4) is 0 Å². The summed E-state index contributed by atoms with van der Waals surface area (Å²) >= 11 is 0. The van der Waals surface area contributed by atoms with Crippen LogP contribution in [-0.2, 0) is 37.9 Å². The molecule has 0 aliphatic heterocycles. The molecule has 11 heteroatoms. The van der Waals surface area contributed by atoms with Gasteiger partial charge in [0.15, 0.2) is 0 Å². The van der Waals surface area contributed by atoms with Crippen LogP contribution in [0.25, 0.3) is 0 Å². The zero-order chi connectivity index (χ0) is 31.9. The van der Waals surface area contributed by atoms with E-state index in [4.69, 9.17) is 53.2 Å². The predicted molar refractivity (Wildman–Crippen MR) is 159 cm³/mol. The molecule has 8 atom stereocenters. The first kappa shape index (κ1) is 46.5. The monoisotopic (exact) mass is 590 g/mol. The molecule has 3 N–H and O–H groups in total. The summed E-state index contributed by atoms with van der Waals surface area (Å²) < 4.78 is 40.5. The smallest absolute Gasteiger partial charge is 0.0785 e. The van der Waals surface area contributed by atoms with Gasteiger partial charge in [-0.2, -0.15) is 0 Å². The Bertz CT molecular complexity index is 446. The van der Waals surface area contributed by atoms with Crippen LogP contribution in [0, 0.1) is 0 Å². The predicted octanol–water partition coefficient (Wildman–Crippen LogP) is 3.09. The second kappa shape index (κ2) is 34.8. The normalized spacial score (nSPS) is 16.8. The number of aliphatic hydroxyl groups is 3. The Hall–Kier alpha value is -0.440. The van der Waals surface area contributed by atoms with Crippen LogP contribution >= 0.6 is 0 Å². The zero-order valence-electron chi connectivity index (χ0n) is 27.9. The SMILES string of the molecule is CCC(C)OCC(C)OC.COC(C)COCC(C)O.COCC(C)OC(C)CO.COCC(C)OCC(C)O. The quantitative estimate of drug-likeness (QED) is 0.193. The first-order chi connectivity index (χ1) is 18.7. The lowest BCUT2D eigenvalue weighted by atomic mass is 10.3. The van der Waals surface area contributed by atoms with Crippen molar-refractivity contribution < 1.29 is 53.2 Å². The van der Waals surface area contributed by atoms with Crippen molar-refractivity contribution in [2.45, 2.75) is 118 Å². The van der Waals surface area contributed by atoms with Crippen molar-refractivity contribution in [2.75, 3.05) is 74.7 Å². The topological polar surface area (TPSA) is 135 Å². The molecule has 0 aliphatic rings. The molecule has 0 fully saturated rings. The third-order valence-corrected chi connectivity index (χ3v) is 4.85. The Balaban J connectivity index is -0.000000216. The van der Waals surface area contributed by atoms with E-state index in [1.165, 1.54) is 0 Å². The van der Waals surface area contributed by atoms with E-state index < -0.39 is 0 Å². The summed E-state index contributed by atoms with van der Waals surface area (Å²) in [5.74, 6) is 0. The minimum atomic E-state index is -0.390. The van der Waals surface area contributed by atoms with Crippen LogP contribution in [0.3, 0.4) is 0 Å². The lowest BCUT2D eigenvalue weighted by Crippen LogP contribution is -2.23. The summed E-state index contributed by atoms with van der Waals surface area (Å²) in [7, 11) is 6.59. The van der Waals surface area contributed by atoms with Crippen molar-refractivity contribution in [1.29, 1.82) is 0 Å². The molecule has 0 spiro atoms. The molecule has 8 unspecified atom stereocenters. The summed E-state index contributed by atoms with van der Waals surface area (Å²) in [5, 5.41) is 26.2. The molecule has 0 aromatic rings. The summed E-state index contributed by atoms with van der Waals surface area (Å²) in [6, 6.07) is 0. The maximum atomic E-state index is 8.80. The summed E-state index contributed by atoms with van der Waals surface area (Å²) in [4.78, 5) is 0. The average molecular weight is 591 g/mol. The summed E-state index contributed by atoms with van der Waals surface area (Å²) in [5.41, 5.74) is 0. The molecule has 0 saturated heterocycles. The van der Waals surface area contributed by atoms with E-state index in [0.29, 0.717) is 45.7 Å².